The highest BCUT2D eigenvalue weighted by Gasteiger charge is 2.35. The highest BCUT2D eigenvalue weighted by molar-refractivity contribution is 5.44. The van der Waals surface area contributed by atoms with Gasteiger partial charge in [0.1, 0.15) is 5.75 Å². The number of aryl methyl sites for hydroxylation is 2. The number of nitrogens with two attached hydrogens (primary N) is 1. The second-order valence-corrected chi connectivity index (χ2v) is 7.38. The van der Waals surface area contributed by atoms with Gasteiger partial charge in [0.25, 0.3) is 0 Å². The second kappa shape index (κ2) is 6.39. The monoisotopic (exact) mass is 289 g/mol. The van der Waals surface area contributed by atoms with Gasteiger partial charge >= 0.3 is 0 Å². The van der Waals surface area contributed by atoms with Crippen molar-refractivity contribution in [3.8, 4) is 5.75 Å². The van der Waals surface area contributed by atoms with E-state index in [1.807, 2.05) is 0 Å². The van der Waals surface area contributed by atoms with Crippen molar-refractivity contribution in [2.75, 3.05) is 7.11 Å². The van der Waals surface area contributed by atoms with Gasteiger partial charge in [-0.1, -0.05) is 32.8 Å². The van der Waals surface area contributed by atoms with Gasteiger partial charge in [0.15, 0.2) is 0 Å². The van der Waals surface area contributed by atoms with Gasteiger partial charge in [-0.05, 0) is 67.7 Å². The van der Waals surface area contributed by atoms with Crippen molar-refractivity contribution in [2.24, 2.45) is 17.6 Å². The first-order chi connectivity index (χ1) is 9.85. The first-order valence-corrected chi connectivity index (χ1v) is 8.30. The lowest BCUT2D eigenvalue weighted by Crippen LogP contribution is -2.42. The molecule has 0 aromatic heterocycles. The highest BCUT2D eigenvalue weighted by Crippen LogP contribution is 2.42. The van der Waals surface area contributed by atoms with Crippen LogP contribution in [0, 0.1) is 25.7 Å². The van der Waals surface area contributed by atoms with E-state index >= 15 is 0 Å². The number of rotatable bonds is 4. The molecule has 2 unspecified atom stereocenters. The van der Waals surface area contributed by atoms with E-state index in [0.717, 1.165) is 30.4 Å². The molecule has 0 saturated heterocycles. The highest BCUT2D eigenvalue weighted by atomic mass is 16.5. The Kier molecular flexibility index (Phi) is 4.98. The minimum Gasteiger partial charge on any atom is -0.496 e. The predicted octanol–water partition coefficient (Wildman–Crippen LogP) is 4.70. The lowest BCUT2D eigenvalue weighted by molar-refractivity contribution is 0.201. The van der Waals surface area contributed by atoms with Crippen LogP contribution in [0.15, 0.2) is 12.1 Å². The van der Waals surface area contributed by atoms with Gasteiger partial charge in [-0.2, -0.15) is 0 Å². The molecule has 0 radical (unpaired) electrons. The van der Waals surface area contributed by atoms with E-state index in [2.05, 4.69) is 39.8 Å². The molecule has 2 rings (SSSR count). The Morgan fingerprint density at radius 2 is 2.00 bits per heavy atom. The molecular weight excluding hydrogens is 258 g/mol. The zero-order valence-corrected chi connectivity index (χ0v) is 14.3. The summed E-state index contributed by atoms with van der Waals surface area (Å²) >= 11 is 0. The molecule has 1 fully saturated rings. The number of hydrogen-bond acceptors (Lipinski definition) is 2. The van der Waals surface area contributed by atoms with E-state index in [4.69, 9.17) is 10.5 Å². The summed E-state index contributed by atoms with van der Waals surface area (Å²) in [5.41, 5.74) is 10.5. The van der Waals surface area contributed by atoms with E-state index in [1.54, 1.807) is 7.11 Å². The summed E-state index contributed by atoms with van der Waals surface area (Å²) in [6.45, 7) is 8.91. The summed E-state index contributed by atoms with van der Waals surface area (Å²) in [6.07, 6.45) is 6.11. The second-order valence-electron chi connectivity index (χ2n) is 7.38. The summed E-state index contributed by atoms with van der Waals surface area (Å²) in [5.74, 6) is 2.50. The fourth-order valence-electron chi connectivity index (χ4n) is 4.08. The Morgan fingerprint density at radius 1 is 1.29 bits per heavy atom. The summed E-state index contributed by atoms with van der Waals surface area (Å²) in [4.78, 5) is 0. The number of benzene rings is 1. The maximum Gasteiger partial charge on any atom is 0.122 e. The van der Waals surface area contributed by atoms with Gasteiger partial charge in [-0.15, -0.1) is 0 Å². The topological polar surface area (TPSA) is 35.2 Å². The molecule has 1 aliphatic carbocycles. The molecule has 1 saturated carbocycles. The molecule has 2 atom stereocenters. The van der Waals surface area contributed by atoms with Gasteiger partial charge in [0.05, 0.1) is 7.11 Å². The fourth-order valence-corrected chi connectivity index (χ4v) is 4.08. The fraction of sp³-hybridized carbons (Fsp3) is 0.684. The Hall–Kier alpha value is -1.02. The third-order valence-electron chi connectivity index (χ3n) is 4.97. The van der Waals surface area contributed by atoms with Crippen molar-refractivity contribution >= 4 is 0 Å². The first kappa shape index (κ1) is 16.4. The van der Waals surface area contributed by atoms with Crippen LogP contribution >= 0.6 is 0 Å². The van der Waals surface area contributed by atoms with Crippen molar-refractivity contribution in [3.05, 3.63) is 28.8 Å². The maximum atomic E-state index is 6.87. The Labute approximate surface area is 130 Å². The molecule has 0 amide bonds. The van der Waals surface area contributed by atoms with E-state index in [0.29, 0.717) is 0 Å². The van der Waals surface area contributed by atoms with Crippen molar-refractivity contribution in [2.45, 2.75) is 65.3 Å². The van der Waals surface area contributed by atoms with Gasteiger partial charge in [-0.3, -0.25) is 0 Å². The molecule has 118 valence electrons. The number of hydrogen-bond donors (Lipinski definition) is 1. The molecule has 2 N–H and O–H groups in total. The maximum absolute atomic E-state index is 6.87. The van der Waals surface area contributed by atoms with Crippen molar-refractivity contribution in [1.82, 2.24) is 0 Å². The molecule has 1 aliphatic rings. The van der Waals surface area contributed by atoms with Crippen LogP contribution in [0.1, 0.15) is 62.6 Å². The molecule has 1 aromatic carbocycles. The van der Waals surface area contributed by atoms with Crippen molar-refractivity contribution in [1.29, 1.82) is 0 Å². The van der Waals surface area contributed by atoms with E-state index in [-0.39, 0.29) is 5.54 Å². The quantitative estimate of drug-likeness (QED) is 0.871. The van der Waals surface area contributed by atoms with Crippen LogP contribution in [-0.2, 0) is 5.54 Å². The van der Waals surface area contributed by atoms with Gasteiger partial charge in [-0.25, -0.2) is 0 Å². The molecule has 2 nitrogen and oxygen atoms in total. The van der Waals surface area contributed by atoms with Crippen molar-refractivity contribution < 1.29 is 4.74 Å². The molecular formula is C19H31NO. The number of ether oxygens (including phenoxy) is 1. The van der Waals surface area contributed by atoms with Gasteiger partial charge < -0.3 is 10.5 Å². The van der Waals surface area contributed by atoms with Gasteiger partial charge in [0.2, 0.25) is 0 Å². The summed E-state index contributed by atoms with van der Waals surface area (Å²) in [7, 11) is 1.74. The molecule has 0 spiro atoms. The minimum atomic E-state index is -0.154. The lowest BCUT2D eigenvalue weighted by Gasteiger charge is -2.40. The third kappa shape index (κ3) is 3.60. The van der Waals surface area contributed by atoms with Crippen LogP contribution in [-0.4, -0.2) is 7.11 Å². The largest absolute Gasteiger partial charge is 0.496 e. The molecule has 0 heterocycles. The van der Waals surface area contributed by atoms with E-state index in [9.17, 15) is 0 Å². The van der Waals surface area contributed by atoms with E-state index < -0.39 is 0 Å². The molecule has 0 aliphatic heterocycles. The molecule has 21 heavy (non-hydrogen) atoms. The standard InChI is InChI=1S/C19H31NO/c1-13(2)9-16-7-6-8-19(20,12-16)17-10-15(4)18(21-5)11-14(17)3/h10-11,13,16H,6-9,12,20H2,1-5H3. The summed E-state index contributed by atoms with van der Waals surface area (Å²) in [6, 6.07) is 4.40. The van der Waals surface area contributed by atoms with Crippen LogP contribution in [0.4, 0.5) is 0 Å². The third-order valence-corrected chi connectivity index (χ3v) is 4.97. The molecule has 0 bridgehead atoms. The molecule has 2 heteroatoms. The SMILES string of the molecule is COc1cc(C)c(C2(N)CCCC(CC(C)C)C2)cc1C. The Morgan fingerprint density at radius 3 is 2.62 bits per heavy atom. The van der Waals surface area contributed by atoms with Crippen LogP contribution in [0.2, 0.25) is 0 Å². The normalized spacial score (nSPS) is 26.1. The lowest BCUT2D eigenvalue weighted by atomic mass is 9.69. The van der Waals surface area contributed by atoms with Crippen LogP contribution in [0.3, 0.4) is 0 Å². The summed E-state index contributed by atoms with van der Waals surface area (Å²) < 4.78 is 5.43. The predicted molar refractivity (Wildman–Crippen MR) is 89.7 cm³/mol. The van der Waals surface area contributed by atoms with Crippen LogP contribution in [0.5, 0.6) is 5.75 Å². The summed E-state index contributed by atoms with van der Waals surface area (Å²) in [5, 5.41) is 0. The Bertz CT molecular complexity index is 495. The van der Waals surface area contributed by atoms with E-state index in [1.165, 1.54) is 36.0 Å². The number of methoxy groups -OCH3 is 1. The van der Waals surface area contributed by atoms with Gasteiger partial charge in [0, 0.05) is 5.54 Å². The zero-order valence-electron chi connectivity index (χ0n) is 14.3. The minimum absolute atomic E-state index is 0.154. The zero-order chi connectivity index (χ0) is 15.6. The van der Waals surface area contributed by atoms with Crippen LogP contribution < -0.4 is 10.5 Å². The van der Waals surface area contributed by atoms with Crippen LogP contribution in [0.25, 0.3) is 0 Å². The average Bonchev–Trinajstić information content (AvgIpc) is 2.40. The average molecular weight is 289 g/mol. The Balaban J connectivity index is 2.28. The molecule has 1 aromatic rings. The van der Waals surface area contributed by atoms with Crippen molar-refractivity contribution in [3.63, 3.8) is 0 Å². The first-order valence-electron chi connectivity index (χ1n) is 8.30. The smallest absolute Gasteiger partial charge is 0.122 e.